The van der Waals surface area contributed by atoms with Crippen LogP contribution in [0.5, 0.6) is 0 Å². The molecule has 1 aromatic carbocycles. The summed E-state index contributed by atoms with van der Waals surface area (Å²) in [6, 6.07) is 13.8. The Morgan fingerprint density at radius 3 is 2.69 bits per heavy atom. The van der Waals surface area contributed by atoms with E-state index in [2.05, 4.69) is 14.7 Å². The zero-order chi connectivity index (χ0) is 22.5. The molecule has 0 radical (unpaired) electrons. The molecule has 0 saturated carbocycles. The van der Waals surface area contributed by atoms with Crippen molar-refractivity contribution in [3.63, 3.8) is 0 Å². The molecule has 1 aliphatic rings. The molecule has 7 nitrogen and oxygen atoms in total. The van der Waals surface area contributed by atoms with Gasteiger partial charge in [-0.25, -0.2) is 4.68 Å². The van der Waals surface area contributed by atoms with Crippen LogP contribution in [0, 0.1) is 0 Å². The summed E-state index contributed by atoms with van der Waals surface area (Å²) >= 11 is 0. The van der Waals surface area contributed by atoms with Crippen molar-refractivity contribution in [1.82, 2.24) is 19.4 Å². The fourth-order valence-electron chi connectivity index (χ4n) is 4.76. The van der Waals surface area contributed by atoms with Crippen LogP contribution >= 0.6 is 0 Å². The fourth-order valence-corrected chi connectivity index (χ4v) is 4.76. The van der Waals surface area contributed by atoms with Crippen molar-refractivity contribution in [3.8, 4) is 11.3 Å². The molecule has 164 valence electrons. The van der Waals surface area contributed by atoms with Gasteiger partial charge in [-0.1, -0.05) is 35.5 Å². The molecule has 1 aliphatic carbocycles. The number of fused-ring (bicyclic) bond motifs is 3. The molecule has 1 unspecified atom stereocenters. The average Bonchev–Trinajstić information content (AvgIpc) is 3.37. The number of carboxylic acid groups (broad SMARTS) is 1. The Kier molecular flexibility index (Phi) is 4.86. The molecule has 5 rings (SSSR count). The Labute approximate surface area is 185 Å². The summed E-state index contributed by atoms with van der Waals surface area (Å²) in [5, 5.41) is 28.4. The van der Waals surface area contributed by atoms with E-state index in [1.54, 1.807) is 13.8 Å². The Morgan fingerprint density at radius 2 is 1.97 bits per heavy atom. The molecule has 32 heavy (non-hydrogen) atoms. The van der Waals surface area contributed by atoms with Crippen molar-refractivity contribution >= 4 is 11.5 Å². The van der Waals surface area contributed by atoms with Gasteiger partial charge in [0.15, 0.2) is 0 Å². The van der Waals surface area contributed by atoms with Crippen LogP contribution in [-0.4, -0.2) is 35.6 Å². The Bertz CT molecular complexity index is 1300. The van der Waals surface area contributed by atoms with E-state index in [4.69, 9.17) is 0 Å². The summed E-state index contributed by atoms with van der Waals surface area (Å²) in [5.41, 5.74) is 5.96. The van der Waals surface area contributed by atoms with Gasteiger partial charge in [-0.2, -0.15) is 0 Å². The highest BCUT2D eigenvalue weighted by Gasteiger charge is 2.28. The number of aliphatic hydroxyl groups is 1. The van der Waals surface area contributed by atoms with Gasteiger partial charge in [0.05, 0.1) is 24.3 Å². The quantitative estimate of drug-likeness (QED) is 0.503. The lowest BCUT2D eigenvalue weighted by Crippen LogP contribution is -2.20. The second-order valence-electron chi connectivity index (χ2n) is 9.05. The van der Waals surface area contributed by atoms with E-state index >= 15 is 0 Å². The van der Waals surface area contributed by atoms with Gasteiger partial charge in [0, 0.05) is 29.4 Å². The van der Waals surface area contributed by atoms with Gasteiger partial charge in [0.25, 0.3) is 0 Å². The summed E-state index contributed by atoms with van der Waals surface area (Å²) in [6.07, 6.45) is 6.51. The van der Waals surface area contributed by atoms with Crippen LogP contribution in [0.15, 0.2) is 54.9 Å². The number of carbonyl (C=O) groups is 1. The largest absolute Gasteiger partial charge is 0.481 e. The molecule has 0 fully saturated rings. The number of hydrogen-bond donors (Lipinski definition) is 2. The third-order valence-corrected chi connectivity index (χ3v) is 6.43. The first-order valence-corrected chi connectivity index (χ1v) is 10.9. The van der Waals surface area contributed by atoms with Gasteiger partial charge in [-0.15, -0.1) is 5.10 Å². The van der Waals surface area contributed by atoms with Crippen LogP contribution < -0.4 is 0 Å². The maximum absolute atomic E-state index is 11.4. The molecular formula is C25H26N4O3. The Morgan fingerprint density at radius 1 is 1.19 bits per heavy atom. The highest BCUT2D eigenvalue weighted by atomic mass is 16.4. The normalized spacial score (nSPS) is 16.3. The molecule has 0 aliphatic heterocycles. The summed E-state index contributed by atoms with van der Waals surface area (Å²) in [4.78, 5) is 11.4. The smallest absolute Gasteiger partial charge is 0.307 e. The predicted molar refractivity (Wildman–Crippen MR) is 121 cm³/mol. The third kappa shape index (κ3) is 3.58. The number of pyridine rings is 1. The molecule has 0 amide bonds. The molecule has 7 heteroatoms. The maximum Gasteiger partial charge on any atom is 0.307 e. The molecule has 0 bridgehead atoms. The topological polar surface area (TPSA) is 92.7 Å². The van der Waals surface area contributed by atoms with Crippen molar-refractivity contribution in [2.45, 2.75) is 51.2 Å². The average molecular weight is 431 g/mol. The number of benzene rings is 1. The second kappa shape index (κ2) is 7.60. The first kappa shape index (κ1) is 20.5. The second-order valence-corrected chi connectivity index (χ2v) is 9.05. The lowest BCUT2D eigenvalue weighted by Gasteiger charge is -2.23. The molecule has 2 N–H and O–H groups in total. The molecule has 4 aromatic rings. The van der Waals surface area contributed by atoms with E-state index in [9.17, 15) is 15.0 Å². The van der Waals surface area contributed by atoms with E-state index in [0.29, 0.717) is 0 Å². The van der Waals surface area contributed by atoms with Crippen LogP contribution in [0.3, 0.4) is 0 Å². The van der Waals surface area contributed by atoms with Crippen molar-refractivity contribution in [2.24, 2.45) is 0 Å². The van der Waals surface area contributed by atoms with Crippen molar-refractivity contribution in [1.29, 1.82) is 0 Å². The van der Waals surface area contributed by atoms with Crippen LogP contribution in [0.4, 0.5) is 0 Å². The number of carboxylic acids is 1. The highest BCUT2D eigenvalue weighted by Crippen LogP contribution is 2.35. The minimum Gasteiger partial charge on any atom is -0.481 e. The SMILES string of the molecule is CC(C)(O)c1ccc(-c2cn(C3CCc4c(CC(=O)O)c5ccccn5c4C3)nn2)cc1. The van der Waals surface area contributed by atoms with Crippen molar-refractivity contribution in [3.05, 3.63) is 77.2 Å². The summed E-state index contributed by atoms with van der Waals surface area (Å²) in [5.74, 6) is -0.803. The number of nitrogens with zero attached hydrogens (tertiary/aromatic N) is 4. The van der Waals surface area contributed by atoms with E-state index < -0.39 is 11.6 Å². The van der Waals surface area contributed by atoms with E-state index in [-0.39, 0.29) is 12.5 Å². The van der Waals surface area contributed by atoms with Gasteiger partial charge < -0.3 is 14.6 Å². The van der Waals surface area contributed by atoms with Gasteiger partial charge >= 0.3 is 5.97 Å². The summed E-state index contributed by atoms with van der Waals surface area (Å²) < 4.78 is 4.06. The van der Waals surface area contributed by atoms with Crippen LogP contribution in [-0.2, 0) is 29.7 Å². The van der Waals surface area contributed by atoms with E-state index in [0.717, 1.165) is 52.7 Å². The minimum atomic E-state index is -0.880. The number of rotatable bonds is 5. The van der Waals surface area contributed by atoms with Gasteiger partial charge in [0.1, 0.15) is 5.69 Å². The molecule has 1 atom stereocenters. The van der Waals surface area contributed by atoms with Crippen LogP contribution in [0.25, 0.3) is 16.8 Å². The predicted octanol–water partition coefficient (Wildman–Crippen LogP) is 3.78. The highest BCUT2D eigenvalue weighted by molar-refractivity contribution is 5.77. The molecule has 3 heterocycles. The van der Waals surface area contributed by atoms with E-state index in [1.165, 1.54) is 5.69 Å². The number of hydrogen-bond acceptors (Lipinski definition) is 4. The monoisotopic (exact) mass is 430 g/mol. The Balaban J connectivity index is 1.44. The lowest BCUT2D eigenvalue weighted by molar-refractivity contribution is -0.136. The summed E-state index contributed by atoms with van der Waals surface area (Å²) in [7, 11) is 0. The van der Waals surface area contributed by atoms with Crippen LogP contribution in [0.1, 0.15) is 48.7 Å². The lowest BCUT2D eigenvalue weighted by atomic mass is 9.90. The molecule has 0 spiro atoms. The number of aromatic nitrogens is 4. The number of aliphatic carboxylic acids is 1. The first-order chi connectivity index (χ1) is 15.3. The minimum absolute atomic E-state index is 0.0433. The van der Waals surface area contributed by atoms with E-state index in [1.807, 2.05) is 59.5 Å². The van der Waals surface area contributed by atoms with Gasteiger partial charge in [0.2, 0.25) is 0 Å². The zero-order valence-electron chi connectivity index (χ0n) is 18.2. The van der Waals surface area contributed by atoms with Gasteiger partial charge in [-0.3, -0.25) is 4.79 Å². The van der Waals surface area contributed by atoms with Crippen molar-refractivity contribution in [2.75, 3.05) is 0 Å². The molecule has 0 saturated heterocycles. The first-order valence-electron chi connectivity index (χ1n) is 10.9. The van der Waals surface area contributed by atoms with Gasteiger partial charge in [-0.05, 0) is 55.5 Å². The Hall–Kier alpha value is -3.45. The zero-order valence-corrected chi connectivity index (χ0v) is 18.2. The maximum atomic E-state index is 11.4. The fraction of sp³-hybridized carbons (Fsp3) is 0.320. The molecular weight excluding hydrogens is 404 g/mol. The standard InChI is InChI=1S/C25H26N4O3/c1-25(2,32)17-8-6-16(7-9-17)21-15-29(27-26-21)18-10-11-19-20(14-24(30)31)22-5-3-4-12-28(22)23(19)13-18/h3-9,12,15,18,32H,10-11,13-14H2,1-2H3,(H,30,31). The molecule has 3 aromatic heterocycles. The summed E-state index contributed by atoms with van der Waals surface area (Å²) in [6.45, 7) is 3.53. The third-order valence-electron chi connectivity index (χ3n) is 6.43. The van der Waals surface area contributed by atoms with Crippen molar-refractivity contribution < 1.29 is 15.0 Å². The van der Waals surface area contributed by atoms with Crippen LogP contribution in [0.2, 0.25) is 0 Å².